The lowest BCUT2D eigenvalue weighted by atomic mass is 9.42. The van der Waals surface area contributed by atoms with Crippen LogP contribution in [-0.2, 0) is 16.1 Å². The van der Waals surface area contributed by atoms with Crippen LogP contribution in [-0.4, -0.2) is 62.3 Å². The lowest BCUT2D eigenvalue weighted by Crippen LogP contribution is -2.63. The Labute approximate surface area is 325 Å². The Hall–Kier alpha value is -3.97. The van der Waals surface area contributed by atoms with Gasteiger partial charge in [0.15, 0.2) is 0 Å². The molecule has 0 aliphatic heterocycles. The number of methoxy groups -OCH3 is 1. The number of nitrogens with zero attached hydrogens (tertiary/aromatic N) is 1. The van der Waals surface area contributed by atoms with Crippen LogP contribution in [0.4, 0.5) is 5.69 Å². The number of carboxylic acid groups (broad SMARTS) is 1. The van der Waals surface area contributed by atoms with Gasteiger partial charge in [0, 0.05) is 23.9 Å². The molecule has 5 N–H and O–H groups in total. The van der Waals surface area contributed by atoms with Crippen molar-refractivity contribution in [1.82, 2.24) is 4.98 Å². The maximum atomic E-state index is 12.8. The number of hydrogen-bond acceptors (Lipinski definition) is 8. The normalized spacial score (nSPS) is 34.4. The Balaban J connectivity index is 1.04. The van der Waals surface area contributed by atoms with Gasteiger partial charge in [0.1, 0.15) is 11.2 Å². The number of carbonyl (C=O) groups is 2. The highest BCUT2D eigenvalue weighted by atomic mass is 16.5. The molecule has 1 aromatic heterocycles. The van der Waals surface area contributed by atoms with E-state index in [4.69, 9.17) is 4.74 Å². The van der Waals surface area contributed by atoms with E-state index in [1.807, 2.05) is 56.3 Å². The molecule has 4 aliphatic rings. The van der Waals surface area contributed by atoms with Gasteiger partial charge in [0.05, 0.1) is 36.2 Å². The molecule has 2 aromatic carbocycles. The number of esters is 1. The van der Waals surface area contributed by atoms with Gasteiger partial charge in [-0.05, 0) is 141 Å². The topological polar surface area (TPSA) is 149 Å². The maximum absolute atomic E-state index is 12.8. The number of aliphatic hydroxyl groups is 3. The second-order valence-electron chi connectivity index (χ2n) is 18.0. The predicted molar refractivity (Wildman–Crippen MR) is 212 cm³/mol. The van der Waals surface area contributed by atoms with Crippen molar-refractivity contribution in [3.63, 3.8) is 0 Å². The fraction of sp³-hybridized carbons (Fsp3) is 0.587. The van der Waals surface area contributed by atoms with Crippen LogP contribution in [0.3, 0.4) is 0 Å². The average Bonchev–Trinajstić information content (AvgIpc) is 3.51. The van der Waals surface area contributed by atoms with Crippen molar-refractivity contribution in [2.24, 2.45) is 46.3 Å². The molecular weight excluding hydrogens is 693 g/mol. The Morgan fingerprint density at radius 1 is 1.04 bits per heavy atom. The van der Waals surface area contributed by atoms with Crippen LogP contribution in [0.1, 0.15) is 111 Å². The van der Waals surface area contributed by atoms with Crippen LogP contribution in [0, 0.1) is 72.0 Å². The highest BCUT2D eigenvalue weighted by Gasteiger charge is 2.66. The van der Waals surface area contributed by atoms with E-state index in [1.54, 1.807) is 0 Å². The number of aliphatic carboxylic acids is 1. The van der Waals surface area contributed by atoms with Gasteiger partial charge in [-0.25, -0.2) is 4.79 Å². The third kappa shape index (κ3) is 6.93. The Morgan fingerprint density at radius 3 is 2.49 bits per heavy atom. The van der Waals surface area contributed by atoms with Crippen molar-refractivity contribution in [3.05, 3.63) is 70.4 Å². The summed E-state index contributed by atoms with van der Waals surface area (Å²) in [6.07, 6.45) is 4.72. The summed E-state index contributed by atoms with van der Waals surface area (Å²) in [7, 11) is 1.38. The fourth-order valence-corrected chi connectivity index (χ4v) is 12.0. The molecule has 294 valence electrons. The summed E-state index contributed by atoms with van der Waals surface area (Å²) >= 11 is 0. The minimum absolute atomic E-state index is 0.0833. The van der Waals surface area contributed by atoms with Crippen LogP contribution < -0.4 is 5.32 Å². The highest BCUT2D eigenvalue weighted by molar-refractivity contribution is 6.07. The zero-order chi connectivity index (χ0) is 39.4. The number of carboxylic acids is 1. The standard InChI is InChI=1S/C46H58N2O7/c1-26(10-17-38(51)52)32-15-16-33-41-34(23-37(50)45(32,33)5)44(4)20-21-46(54,24-31(44)22-36(41)49)19-18-29-11-13-30(14-12-29)25-47-42-39-27(2)8-7-9-35(39)48-28(3)40(42)43(53)55-6/h7-9,11-14,26,31-34,36-37,41,49-50,54H,10,15-17,20-25H2,1-6H3,(H,47,48)(H,51,52)/t26?,31?,32-,33?,34?,36?,37?,41?,44?,45?,46-/m1/s1. The van der Waals surface area contributed by atoms with E-state index in [1.165, 1.54) is 7.11 Å². The molecule has 0 bridgehead atoms. The van der Waals surface area contributed by atoms with Crippen LogP contribution in [0.25, 0.3) is 10.9 Å². The van der Waals surface area contributed by atoms with Gasteiger partial charge < -0.3 is 30.5 Å². The molecule has 9 heteroatoms. The van der Waals surface area contributed by atoms with Gasteiger partial charge in [-0.3, -0.25) is 9.78 Å². The summed E-state index contributed by atoms with van der Waals surface area (Å²) in [4.78, 5) is 28.8. The number of aromatic nitrogens is 1. The number of rotatable bonds is 8. The number of aliphatic hydroxyl groups excluding tert-OH is 2. The number of carbonyl (C=O) groups excluding carboxylic acids is 1. The molecule has 55 heavy (non-hydrogen) atoms. The summed E-state index contributed by atoms with van der Waals surface area (Å²) in [5, 5.41) is 49.3. The molecule has 7 rings (SSSR count). The van der Waals surface area contributed by atoms with Crippen molar-refractivity contribution in [2.45, 2.75) is 117 Å². The Morgan fingerprint density at radius 2 is 1.78 bits per heavy atom. The molecule has 1 heterocycles. The van der Waals surface area contributed by atoms with Gasteiger partial charge >= 0.3 is 11.9 Å². The first-order chi connectivity index (χ1) is 26.1. The zero-order valence-electron chi connectivity index (χ0n) is 33.2. The quantitative estimate of drug-likeness (QED) is 0.117. The zero-order valence-corrected chi connectivity index (χ0v) is 33.2. The number of benzene rings is 2. The first kappa shape index (κ1) is 39.3. The van der Waals surface area contributed by atoms with Crippen LogP contribution in [0.15, 0.2) is 42.5 Å². The summed E-state index contributed by atoms with van der Waals surface area (Å²) in [6, 6.07) is 13.8. The summed E-state index contributed by atoms with van der Waals surface area (Å²) in [5.41, 5.74) is 3.73. The number of fused-ring (bicyclic) bond motifs is 6. The van der Waals surface area contributed by atoms with Gasteiger partial charge in [-0.15, -0.1) is 0 Å². The van der Waals surface area contributed by atoms with Crippen LogP contribution in [0.2, 0.25) is 0 Å². The maximum Gasteiger partial charge on any atom is 0.341 e. The second-order valence-corrected chi connectivity index (χ2v) is 18.0. The molecule has 3 aromatic rings. The lowest BCUT2D eigenvalue weighted by Gasteiger charge is -2.64. The third-order valence-corrected chi connectivity index (χ3v) is 15.1. The monoisotopic (exact) mass is 750 g/mol. The van der Waals surface area contributed by atoms with Crippen molar-refractivity contribution in [3.8, 4) is 11.8 Å². The Bertz CT molecular complexity index is 2020. The number of nitrogens with one attached hydrogen (secondary N) is 1. The van der Waals surface area contributed by atoms with Gasteiger partial charge in [-0.2, -0.15) is 0 Å². The van der Waals surface area contributed by atoms with E-state index in [0.29, 0.717) is 55.6 Å². The summed E-state index contributed by atoms with van der Waals surface area (Å²) < 4.78 is 5.12. The highest BCUT2D eigenvalue weighted by Crippen LogP contribution is 2.69. The van der Waals surface area contributed by atoms with Gasteiger partial charge in [0.2, 0.25) is 0 Å². The molecule has 4 saturated carbocycles. The molecule has 11 atom stereocenters. The van der Waals surface area contributed by atoms with Crippen LogP contribution >= 0.6 is 0 Å². The lowest BCUT2D eigenvalue weighted by molar-refractivity contribution is -0.211. The minimum atomic E-state index is -1.17. The van der Waals surface area contributed by atoms with E-state index >= 15 is 0 Å². The molecule has 0 radical (unpaired) electrons. The van der Waals surface area contributed by atoms with Gasteiger partial charge in [0.25, 0.3) is 0 Å². The van der Waals surface area contributed by atoms with Crippen molar-refractivity contribution in [1.29, 1.82) is 0 Å². The largest absolute Gasteiger partial charge is 0.481 e. The summed E-state index contributed by atoms with van der Waals surface area (Å²) in [5.74, 6) is 6.22. The van der Waals surface area contributed by atoms with E-state index < -0.39 is 29.7 Å². The minimum Gasteiger partial charge on any atom is -0.481 e. The van der Waals surface area contributed by atoms with E-state index in [2.05, 4.69) is 42.9 Å². The molecule has 9 unspecified atom stereocenters. The number of pyridine rings is 1. The number of anilines is 1. The SMILES string of the molecule is COC(=O)c1c(C)nc2cccc(C)c2c1NCc1ccc(C#C[C@@]2(O)CCC3(C)C(CC(O)C4C3CC(O)C3(C)C4CC[C@@H]3C(C)CCC(=O)O)C2)cc1. The molecule has 0 amide bonds. The van der Waals surface area contributed by atoms with Crippen molar-refractivity contribution in [2.75, 3.05) is 12.4 Å². The van der Waals surface area contributed by atoms with Crippen molar-refractivity contribution >= 4 is 28.5 Å². The van der Waals surface area contributed by atoms with E-state index in [0.717, 1.165) is 46.9 Å². The molecule has 0 saturated heterocycles. The van der Waals surface area contributed by atoms with E-state index in [-0.39, 0.29) is 52.8 Å². The molecule has 9 nitrogen and oxygen atoms in total. The van der Waals surface area contributed by atoms with Gasteiger partial charge in [-0.1, -0.05) is 56.9 Å². The third-order valence-electron chi connectivity index (χ3n) is 15.1. The average molecular weight is 751 g/mol. The fourth-order valence-electron chi connectivity index (χ4n) is 12.0. The second kappa shape index (κ2) is 14.8. The molecular formula is C46H58N2O7. The first-order valence-corrected chi connectivity index (χ1v) is 20.2. The van der Waals surface area contributed by atoms with E-state index in [9.17, 15) is 30.0 Å². The molecule has 0 spiro atoms. The van der Waals surface area contributed by atoms with Crippen molar-refractivity contribution < 1.29 is 34.8 Å². The predicted octanol–water partition coefficient (Wildman–Crippen LogP) is 7.43. The Kier molecular flexibility index (Phi) is 10.6. The summed E-state index contributed by atoms with van der Waals surface area (Å²) in [6.45, 7) is 11.0. The molecule has 4 fully saturated rings. The first-order valence-electron chi connectivity index (χ1n) is 20.2. The molecule has 4 aliphatic carbocycles. The van der Waals surface area contributed by atoms with Crippen LogP contribution in [0.5, 0.6) is 0 Å². The number of hydrogen-bond donors (Lipinski definition) is 5. The number of ether oxygens (including phenoxy) is 1. The smallest absolute Gasteiger partial charge is 0.341 e. The number of aryl methyl sites for hydroxylation is 2.